The molecule has 0 fully saturated rings. The van der Waals surface area contributed by atoms with E-state index in [9.17, 15) is 0 Å². The van der Waals surface area contributed by atoms with Gasteiger partial charge < -0.3 is 0 Å². The summed E-state index contributed by atoms with van der Waals surface area (Å²) in [5.41, 5.74) is 0.274. The molecule has 0 nitrogen and oxygen atoms in total. The summed E-state index contributed by atoms with van der Waals surface area (Å²) < 4.78 is 0. The van der Waals surface area contributed by atoms with E-state index in [4.69, 9.17) is 0 Å². The Hall–Kier alpha value is -0.440. The maximum Gasteiger partial charge on any atom is 0.0281 e. The summed E-state index contributed by atoms with van der Waals surface area (Å²) in [4.78, 5) is 0. The van der Waals surface area contributed by atoms with E-state index in [1.165, 1.54) is 0 Å². The molecule has 0 bridgehead atoms. The van der Waals surface area contributed by atoms with E-state index in [0.29, 0.717) is 0 Å². The first-order valence-corrected chi connectivity index (χ1v) is 4.18. The Morgan fingerprint density at radius 2 is 1.60 bits per heavy atom. The fourth-order valence-corrected chi connectivity index (χ4v) is 0.729. The maximum absolute atomic E-state index is 3.30. The van der Waals surface area contributed by atoms with Crippen molar-refractivity contribution in [2.45, 2.75) is 47.0 Å². The summed E-state index contributed by atoms with van der Waals surface area (Å²) in [6.45, 7) is 8.73. The second-order valence-electron chi connectivity index (χ2n) is 2.92. The van der Waals surface area contributed by atoms with Crippen molar-refractivity contribution in [2.24, 2.45) is 5.41 Å². The third-order valence-electron chi connectivity index (χ3n) is 2.13. The average molecular weight is 138 g/mol. The molecular formula is C10H18. The van der Waals surface area contributed by atoms with Crippen molar-refractivity contribution >= 4 is 0 Å². The average Bonchev–Trinajstić information content (AvgIpc) is 2.00. The molecule has 0 heterocycles. The van der Waals surface area contributed by atoms with Crippen LogP contribution >= 0.6 is 0 Å². The lowest BCUT2D eigenvalue weighted by molar-refractivity contribution is 0.415. The summed E-state index contributed by atoms with van der Waals surface area (Å²) in [5.74, 6) is 6.44. The Morgan fingerprint density at radius 3 is 1.90 bits per heavy atom. The topological polar surface area (TPSA) is 0 Å². The fraction of sp³-hybridized carbons (Fsp3) is 0.800. The van der Waals surface area contributed by atoms with Crippen LogP contribution in [0.5, 0.6) is 0 Å². The highest BCUT2D eigenvalue weighted by atomic mass is 14.2. The molecule has 0 aromatic carbocycles. The Bertz CT molecular complexity index is 130. The van der Waals surface area contributed by atoms with Gasteiger partial charge in [0.15, 0.2) is 0 Å². The lowest BCUT2D eigenvalue weighted by atomic mass is 9.85. The minimum atomic E-state index is 0.274. The summed E-state index contributed by atoms with van der Waals surface area (Å²) >= 11 is 0. The second kappa shape index (κ2) is 4.39. The van der Waals surface area contributed by atoms with Gasteiger partial charge in [-0.05, 0) is 19.8 Å². The van der Waals surface area contributed by atoms with Gasteiger partial charge in [0.25, 0.3) is 0 Å². The van der Waals surface area contributed by atoms with E-state index in [0.717, 1.165) is 19.3 Å². The Balaban J connectivity index is 4.05. The van der Waals surface area contributed by atoms with E-state index in [1.807, 2.05) is 0 Å². The zero-order valence-corrected chi connectivity index (χ0v) is 7.62. The minimum absolute atomic E-state index is 0.274. The minimum Gasteiger partial charge on any atom is -0.103 e. The lowest BCUT2D eigenvalue weighted by Crippen LogP contribution is -2.09. The SMILES string of the molecule is CCC#CC(C)(CC)CC. The largest absolute Gasteiger partial charge is 0.103 e. The maximum atomic E-state index is 3.30. The number of hydrogen-bond acceptors (Lipinski definition) is 0. The van der Waals surface area contributed by atoms with Crippen LogP contribution in [0.2, 0.25) is 0 Å². The zero-order valence-electron chi connectivity index (χ0n) is 7.62. The zero-order chi connectivity index (χ0) is 8.04. The molecule has 0 heteroatoms. The number of hydrogen-bond donors (Lipinski definition) is 0. The van der Waals surface area contributed by atoms with Gasteiger partial charge in [0, 0.05) is 11.8 Å². The third kappa shape index (κ3) is 2.92. The molecule has 0 aliphatic heterocycles. The van der Waals surface area contributed by atoms with Crippen molar-refractivity contribution in [3.63, 3.8) is 0 Å². The van der Waals surface area contributed by atoms with Crippen LogP contribution in [0.15, 0.2) is 0 Å². The van der Waals surface area contributed by atoms with E-state index in [-0.39, 0.29) is 5.41 Å². The van der Waals surface area contributed by atoms with Crippen LogP contribution in [0, 0.1) is 17.3 Å². The standard InChI is InChI=1S/C10H18/c1-5-8-9-10(4,6-2)7-3/h5-7H2,1-4H3. The first-order valence-electron chi connectivity index (χ1n) is 4.18. The predicted molar refractivity (Wildman–Crippen MR) is 46.8 cm³/mol. The summed E-state index contributed by atoms with van der Waals surface area (Å²) in [6.07, 6.45) is 3.31. The predicted octanol–water partition coefficient (Wildman–Crippen LogP) is 3.23. The first kappa shape index (κ1) is 9.56. The van der Waals surface area contributed by atoms with Crippen molar-refractivity contribution in [3.8, 4) is 11.8 Å². The Morgan fingerprint density at radius 1 is 1.10 bits per heavy atom. The molecule has 0 amide bonds. The third-order valence-corrected chi connectivity index (χ3v) is 2.13. The van der Waals surface area contributed by atoms with Crippen LogP contribution in [0.4, 0.5) is 0 Å². The summed E-state index contributed by atoms with van der Waals surface area (Å²) in [7, 11) is 0. The van der Waals surface area contributed by atoms with Crippen LogP contribution < -0.4 is 0 Å². The van der Waals surface area contributed by atoms with Crippen LogP contribution in [-0.4, -0.2) is 0 Å². The van der Waals surface area contributed by atoms with Crippen molar-refractivity contribution in [1.82, 2.24) is 0 Å². The molecule has 0 aliphatic rings. The van der Waals surface area contributed by atoms with Crippen molar-refractivity contribution < 1.29 is 0 Å². The van der Waals surface area contributed by atoms with Gasteiger partial charge in [-0.25, -0.2) is 0 Å². The summed E-state index contributed by atoms with van der Waals surface area (Å²) in [6, 6.07) is 0. The van der Waals surface area contributed by atoms with Gasteiger partial charge >= 0.3 is 0 Å². The van der Waals surface area contributed by atoms with Crippen LogP contribution in [-0.2, 0) is 0 Å². The molecule has 0 aromatic heterocycles. The molecule has 0 atom stereocenters. The van der Waals surface area contributed by atoms with Gasteiger partial charge in [0.2, 0.25) is 0 Å². The van der Waals surface area contributed by atoms with Gasteiger partial charge in [-0.3, -0.25) is 0 Å². The Labute approximate surface area is 65.0 Å². The number of rotatable bonds is 2. The fourth-order valence-electron chi connectivity index (χ4n) is 0.729. The van der Waals surface area contributed by atoms with E-state index < -0.39 is 0 Å². The van der Waals surface area contributed by atoms with Crippen LogP contribution in [0.1, 0.15) is 47.0 Å². The molecule has 0 saturated heterocycles. The quantitative estimate of drug-likeness (QED) is 0.514. The molecular weight excluding hydrogens is 120 g/mol. The van der Waals surface area contributed by atoms with Gasteiger partial charge in [-0.2, -0.15) is 0 Å². The summed E-state index contributed by atoms with van der Waals surface area (Å²) in [5, 5.41) is 0. The molecule has 0 aliphatic carbocycles. The smallest absolute Gasteiger partial charge is 0.0281 e. The Kier molecular flexibility index (Phi) is 4.19. The van der Waals surface area contributed by atoms with Crippen molar-refractivity contribution in [2.75, 3.05) is 0 Å². The molecule has 0 spiro atoms. The normalized spacial score (nSPS) is 10.4. The highest BCUT2D eigenvalue weighted by Gasteiger charge is 2.14. The lowest BCUT2D eigenvalue weighted by Gasteiger charge is -2.18. The van der Waals surface area contributed by atoms with Crippen molar-refractivity contribution in [1.29, 1.82) is 0 Å². The second-order valence-corrected chi connectivity index (χ2v) is 2.92. The molecule has 0 aromatic rings. The van der Waals surface area contributed by atoms with Crippen molar-refractivity contribution in [3.05, 3.63) is 0 Å². The van der Waals surface area contributed by atoms with E-state index >= 15 is 0 Å². The molecule has 10 heavy (non-hydrogen) atoms. The first-order chi connectivity index (χ1) is 4.68. The van der Waals surface area contributed by atoms with Crippen LogP contribution in [0.25, 0.3) is 0 Å². The monoisotopic (exact) mass is 138 g/mol. The van der Waals surface area contributed by atoms with Gasteiger partial charge in [0.1, 0.15) is 0 Å². The molecule has 0 rings (SSSR count). The van der Waals surface area contributed by atoms with Gasteiger partial charge in [0.05, 0.1) is 0 Å². The molecule has 0 N–H and O–H groups in total. The van der Waals surface area contributed by atoms with E-state index in [1.54, 1.807) is 0 Å². The van der Waals surface area contributed by atoms with Gasteiger partial charge in [-0.1, -0.05) is 26.7 Å². The molecule has 58 valence electrons. The van der Waals surface area contributed by atoms with Crippen LogP contribution in [0.3, 0.4) is 0 Å². The molecule has 0 unspecified atom stereocenters. The molecule has 0 radical (unpaired) electrons. The highest BCUT2D eigenvalue weighted by Crippen LogP contribution is 2.23. The highest BCUT2D eigenvalue weighted by molar-refractivity contribution is 5.09. The van der Waals surface area contributed by atoms with Gasteiger partial charge in [-0.15, -0.1) is 5.92 Å². The van der Waals surface area contributed by atoms with E-state index in [2.05, 4.69) is 39.5 Å². The molecule has 0 saturated carbocycles.